The molecule has 1 unspecified atom stereocenters. The number of tetrazole rings is 1. The number of aromatic nitrogens is 5. The summed E-state index contributed by atoms with van der Waals surface area (Å²) in [4.78, 5) is 32.5. The molecule has 0 saturated carbocycles. The Bertz CT molecular complexity index is 1450. The number of anilines is 1. The first kappa shape index (κ1) is 20.0. The molecule has 2 aliphatic rings. The van der Waals surface area contributed by atoms with Crippen LogP contribution in [0.1, 0.15) is 28.6 Å². The molecular weight excluding hydrogens is 436 g/mol. The number of urea groups is 1. The number of aliphatic imine (C=N–C) groups is 1. The molecule has 6 rings (SSSR count). The highest BCUT2D eigenvalue weighted by Gasteiger charge is 2.40. The van der Waals surface area contributed by atoms with Crippen LogP contribution in [0.15, 0.2) is 58.0 Å². The minimum atomic E-state index is -0.789. The molecule has 2 aromatic heterocycles. The third kappa shape index (κ3) is 3.43. The standard InChI is InChI=1S/C23H18N8O3/c1-13-10-18(34-28-13)12-30-27-21(26-29-30)16-4-2-15(3-5-16)20-22(32)25-23(33)31(20)17-7-6-14-8-9-24-19(14)11-17/h2-7,9-11,20H,8,12H2,1H3,(H,25,32,33). The highest BCUT2D eigenvalue weighted by Crippen LogP contribution is 2.36. The zero-order chi connectivity index (χ0) is 23.2. The van der Waals surface area contributed by atoms with Crippen LogP contribution in [-0.2, 0) is 17.8 Å². The Kier molecular flexibility index (Phi) is 4.54. The first-order valence-electron chi connectivity index (χ1n) is 10.6. The molecule has 0 aliphatic carbocycles. The molecule has 3 amide bonds. The lowest BCUT2D eigenvalue weighted by atomic mass is 10.0. The van der Waals surface area contributed by atoms with Crippen LogP contribution in [0.4, 0.5) is 16.2 Å². The van der Waals surface area contributed by atoms with Crippen molar-refractivity contribution in [3.8, 4) is 11.4 Å². The summed E-state index contributed by atoms with van der Waals surface area (Å²) >= 11 is 0. The number of hydrogen-bond donors (Lipinski definition) is 1. The molecule has 0 spiro atoms. The van der Waals surface area contributed by atoms with Crippen LogP contribution in [-0.4, -0.2) is 43.5 Å². The Morgan fingerprint density at radius 2 is 1.97 bits per heavy atom. The molecule has 0 bridgehead atoms. The van der Waals surface area contributed by atoms with Gasteiger partial charge in [-0.1, -0.05) is 35.5 Å². The first-order chi connectivity index (χ1) is 16.5. The number of carbonyl (C=O) groups is 2. The molecule has 0 radical (unpaired) electrons. The molecule has 4 heterocycles. The third-order valence-electron chi connectivity index (χ3n) is 5.76. The predicted octanol–water partition coefficient (Wildman–Crippen LogP) is 2.74. The van der Waals surface area contributed by atoms with Crippen LogP contribution >= 0.6 is 0 Å². The summed E-state index contributed by atoms with van der Waals surface area (Å²) in [6.45, 7) is 2.16. The summed E-state index contributed by atoms with van der Waals surface area (Å²) in [5.74, 6) is 0.683. The lowest BCUT2D eigenvalue weighted by molar-refractivity contribution is -0.119. The van der Waals surface area contributed by atoms with Gasteiger partial charge in [0.2, 0.25) is 5.82 Å². The van der Waals surface area contributed by atoms with Gasteiger partial charge in [0.1, 0.15) is 12.6 Å². The van der Waals surface area contributed by atoms with E-state index in [1.807, 2.05) is 37.4 Å². The fourth-order valence-corrected chi connectivity index (χ4v) is 4.14. The Morgan fingerprint density at radius 1 is 1.12 bits per heavy atom. The summed E-state index contributed by atoms with van der Waals surface area (Å²) in [6, 6.07) is 13.3. The van der Waals surface area contributed by atoms with Crippen molar-refractivity contribution in [3.05, 3.63) is 71.1 Å². The predicted molar refractivity (Wildman–Crippen MR) is 121 cm³/mol. The van der Waals surface area contributed by atoms with Gasteiger partial charge in [0.15, 0.2) is 5.76 Å². The summed E-state index contributed by atoms with van der Waals surface area (Å²) in [5.41, 5.74) is 4.69. The fourth-order valence-electron chi connectivity index (χ4n) is 4.14. The van der Waals surface area contributed by atoms with Crippen molar-refractivity contribution in [3.63, 3.8) is 0 Å². The van der Waals surface area contributed by atoms with E-state index in [9.17, 15) is 9.59 Å². The van der Waals surface area contributed by atoms with Gasteiger partial charge in [-0.15, -0.1) is 10.2 Å². The molecule has 1 N–H and O–H groups in total. The maximum atomic E-state index is 12.7. The van der Waals surface area contributed by atoms with Gasteiger partial charge in [-0.25, -0.2) is 4.79 Å². The number of carbonyl (C=O) groups excluding carboxylic acids is 2. The van der Waals surface area contributed by atoms with Crippen LogP contribution < -0.4 is 10.2 Å². The largest absolute Gasteiger partial charge is 0.359 e. The van der Waals surface area contributed by atoms with Gasteiger partial charge in [-0.2, -0.15) is 4.80 Å². The lowest BCUT2D eigenvalue weighted by Gasteiger charge is -2.22. The van der Waals surface area contributed by atoms with Gasteiger partial charge < -0.3 is 4.52 Å². The molecule has 1 fully saturated rings. The van der Waals surface area contributed by atoms with Crippen LogP contribution in [0.5, 0.6) is 0 Å². The van der Waals surface area contributed by atoms with E-state index < -0.39 is 12.1 Å². The Hall–Kier alpha value is -4.67. The van der Waals surface area contributed by atoms with Gasteiger partial charge in [0.25, 0.3) is 5.91 Å². The number of fused-ring (bicyclic) bond motifs is 1. The number of imide groups is 1. The molecule has 34 heavy (non-hydrogen) atoms. The molecule has 1 atom stereocenters. The molecule has 168 valence electrons. The Labute approximate surface area is 193 Å². The highest BCUT2D eigenvalue weighted by molar-refractivity contribution is 6.14. The van der Waals surface area contributed by atoms with Gasteiger partial charge in [-0.05, 0) is 35.4 Å². The van der Waals surface area contributed by atoms with Crippen LogP contribution in [0, 0.1) is 6.92 Å². The van der Waals surface area contributed by atoms with E-state index in [2.05, 4.69) is 30.9 Å². The molecule has 11 heteroatoms. The van der Waals surface area contributed by atoms with E-state index in [0.717, 1.165) is 28.9 Å². The minimum absolute atomic E-state index is 0.316. The number of benzene rings is 2. The van der Waals surface area contributed by atoms with Gasteiger partial charge in [-0.3, -0.25) is 20.0 Å². The van der Waals surface area contributed by atoms with Crippen LogP contribution in [0.2, 0.25) is 0 Å². The van der Waals surface area contributed by atoms with E-state index in [1.165, 1.54) is 9.70 Å². The fraction of sp³-hybridized carbons (Fsp3) is 0.174. The summed E-state index contributed by atoms with van der Waals surface area (Å²) in [7, 11) is 0. The number of aryl methyl sites for hydroxylation is 1. The number of nitrogens with one attached hydrogen (secondary N) is 1. The maximum absolute atomic E-state index is 12.7. The second kappa shape index (κ2) is 7.73. The third-order valence-corrected chi connectivity index (χ3v) is 5.76. The Morgan fingerprint density at radius 3 is 2.76 bits per heavy atom. The van der Waals surface area contributed by atoms with E-state index in [4.69, 9.17) is 4.52 Å². The molecular formula is C23H18N8O3. The van der Waals surface area contributed by atoms with E-state index in [1.54, 1.807) is 24.3 Å². The second-order valence-electron chi connectivity index (χ2n) is 8.10. The van der Waals surface area contributed by atoms with Gasteiger partial charge in [0.05, 0.1) is 11.4 Å². The highest BCUT2D eigenvalue weighted by atomic mass is 16.5. The van der Waals surface area contributed by atoms with Crippen molar-refractivity contribution >= 4 is 29.5 Å². The average molecular weight is 454 g/mol. The van der Waals surface area contributed by atoms with E-state index in [-0.39, 0.29) is 5.91 Å². The number of nitrogens with zero attached hydrogens (tertiary/aromatic N) is 7. The van der Waals surface area contributed by atoms with Gasteiger partial charge >= 0.3 is 6.03 Å². The first-order valence-corrected chi connectivity index (χ1v) is 10.6. The summed E-state index contributed by atoms with van der Waals surface area (Å²) in [5, 5.41) is 18.8. The zero-order valence-corrected chi connectivity index (χ0v) is 18.0. The number of amides is 3. The van der Waals surface area contributed by atoms with Crippen molar-refractivity contribution in [2.24, 2.45) is 4.99 Å². The van der Waals surface area contributed by atoms with Crippen molar-refractivity contribution in [2.45, 2.75) is 25.9 Å². The van der Waals surface area contributed by atoms with Crippen LogP contribution in [0.25, 0.3) is 11.4 Å². The monoisotopic (exact) mass is 454 g/mol. The van der Waals surface area contributed by atoms with Crippen molar-refractivity contribution in [1.29, 1.82) is 0 Å². The van der Waals surface area contributed by atoms with Crippen molar-refractivity contribution in [2.75, 3.05) is 4.90 Å². The normalized spacial score (nSPS) is 16.9. The van der Waals surface area contributed by atoms with Crippen molar-refractivity contribution in [1.82, 2.24) is 30.7 Å². The SMILES string of the molecule is Cc1cc(Cn2nnc(-c3ccc(C4C(=O)NC(=O)N4c4ccc5c(c4)N=CC5)cc3)n2)on1. The summed E-state index contributed by atoms with van der Waals surface area (Å²) in [6.07, 6.45) is 2.60. The maximum Gasteiger partial charge on any atom is 0.329 e. The molecule has 2 aromatic carbocycles. The smallest absolute Gasteiger partial charge is 0.329 e. The number of hydrogen-bond acceptors (Lipinski definition) is 8. The van der Waals surface area contributed by atoms with E-state index in [0.29, 0.717) is 29.4 Å². The topological polar surface area (TPSA) is 131 Å². The molecule has 4 aromatic rings. The van der Waals surface area contributed by atoms with Gasteiger partial charge in [0, 0.05) is 30.0 Å². The zero-order valence-electron chi connectivity index (χ0n) is 18.0. The number of rotatable bonds is 5. The molecule has 11 nitrogen and oxygen atoms in total. The minimum Gasteiger partial charge on any atom is -0.359 e. The quantitative estimate of drug-likeness (QED) is 0.459. The Balaban J connectivity index is 1.26. The van der Waals surface area contributed by atoms with Crippen molar-refractivity contribution < 1.29 is 14.1 Å². The lowest BCUT2D eigenvalue weighted by Crippen LogP contribution is -2.29. The molecule has 1 saturated heterocycles. The second-order valence-corrected chi connectivity index (χ2v) is 8.10. The van der Waals surface area contributed by atoms with E-state index >= 15 is 0 Å². The average Bonchev–Trinajstić information content (AvgIpc) is 3.61. The molecule has 2 aliphatic heterocycles. The van der Waals surface area contributed by atoms with Crippen LogP contribution in [0.3, 0.4) is 0 Å². The summed E-state index contributed by atoms with van der Waals surface area (Å²) < 4.78 is 5.19.